The summed E-state index contributed by atoms with van der Waals surface area (Å²) in [6.07, 6.45) is -6.62. The van der Waals surface area contributed by atoms with E-state index in [9.17, 15) is 24.9 Å². The van der Waals surface area contributed by atoms with E-state index in [0.29, 0.717) is 25.0 Å². The van der Waals surface area contributed by atoms with E-state index in [1.807, 2.05) is 53.6 Å². The standard InChI is InChI=1S/C41H71NO13/c1-15-17-29(43)52-33-27(42(12)13)18-22(4)49-38(33)54-36-24(6)32(53-30-20-39(9,48-14)35(45)26(8)50-30)25(7)37(46)51-28(16-2)41(11,47)34(44)23(5)31-21(3)19-40(36,10)55-31/h22-28,30,32-36,38,44-45,47H,15-20H2,1-14H3/t22-,23+,24+,25-,26+,27+,28-,30+,32+,33-,34-,35+,36-,38+,39-,40-,41-/m1/s1. The lowest BCUT2D eigenvalue weighted by molar-refractivity contribution is -0.317. The van der Waals surface area contributed by atoms with Gasteiger partial charge in [0.05, 0.1) is 42.0 Å². The van der Waals surface area contributed by atoms with E-state index < -0.39 is 95.8 Å². The summed E-state index contributed by atoms with van der Waals surface area (Å²) in [5, 5.41) is 34.6. The van der Waals surface area contributed by atoms with Gasteiger partial charge in [-0.05, 0) is 87.4 Å². The smallest absolute Gasteiger partial charge is 0.311 e. The van der Waals surface area contributed by atoms with Crippen LogP contribution in [-0.4, -0.2) is 138 Å². The van der Waals surface area contributed by atoms with Gasteiger partial charge in [-0.25, -0.2) is 0 Å². The number of aliphatic hydroxyl groups is 3. The quantitative estimate of drug-likeness (QED) is 0.269. The van der Waals surface area contributed by atoms with Gasteiger partial charge in [0.2, 0.25) is 0 Å². The summed E-state index contributed by atoms with van der Waals surface area (Å²) in [6, 6.07) is -0.230. The van der Waals surface area contributed by atoms with Crippen molar-refractivity contribution < 1.29 is 62.8 Å². The second kappa shape index (κ2) is 17.9. The SMILES string of the molecule is CCCC(=O)O[C@H]1[C@H](O[C@@H]2[C@@H](C)[C@H](O[C@H]3C[C@@](C)(OC)[C@@H](O)[C@H](C)O3)[C@@H](C)C(=O)O[C@H](CC)[C@@](C)(O)[C@H](O)[C@@H](C)C3=C(C)C[C@@]2(C)O3)O[C@H](C)C[C@@H]1N(C)C. The van der Waals surface area contributed by atoms with E-state index in [1.54, 1.807) is 34.6 Å². The van der Waals surface area contributed by atoms with E-state index in [0.717, 1.165) is 5.57 Å². The molecular weight excluding hydrogens is 714 g/mol. The van der Waals surface area contributed by atoms with Gasteiger partial charge in [0.1, 0.15) is 35.3 Å². The van der Waals surface area contributed by atoms with Gasteiger partial charge < -0.3 is 58.1 Å². The molecule has 3 N–H and O–H groups in total. The van der Waals surface area contributed by atoms with Crippen LogP contribution in [0.25, 0.3) is 0 Å². The molecule has 17 atom stereocenters. The van der Waals surface area contributed by atoms with Gasteiger partial charge in [-0.3, -0.25) is 9.59 Å². The Balaban J connectivity index is 1.88. The first-order valence-corrected chi connectivity index (χ1v) is 20.3. The topological polar surface area (TPSA) is 172 Å². The molecule has 55 heavy (non-hydrogen) atoms. The number of carbonyl (C=O) groups excluding carboxylic acids is 2. The molecule has 0 aromatic rings. The van der Waals surface area contributed by atoms with E-state index in [1.165, 1.54) is 14.0 Å². The molecular formula is C41H71NO13. The minimum Gasteiger partial charge on any atom is -0.489 e. The Morgan fingerprint density at radius 3 is 2.20 bits per heavy atom. The molecule has 14 heteroatoms. The lowest BCUT2D eigenvalue weighted by Crippen LogP contribution is -2.61. The zero-order valence-electron chi connectivity index (χ0n) is 35.7. The van der Waals surface area contributed by atoms with Crippen LogP contribution < -0.4 is 0 Å². The molecule has 2 bridgehead atoms. The Morgan fingerprint density at radius 1 is 0.964 bits per heavy atom. The zero-order valence-corrected chi connectivity index (χ0v) is 35.7. The number of carbonyl (C=O) groups is 2. The maximum absolute atomic E-state index is 14.3. The fourth-order valence-electron chi connectivity index (χ4n) is 9.25. The monoisotopic (exact) mass is 785 g/mol. The van der Waals surface area contributed by atoms with Crippen molar-refractivity contribution in [2.75, 3.05) is 21.2 Å². The number of esters is 2. The number of methoxy groups -OCH3 is 1. The molecule has 318 valence electrons. The highest BCUT2D eigenvalue weighted by molar-refractivity contribution is 5.73. The van der Waals surface area contributed by atoms with Crippen LogP contribution >= 0.6 is 0 Å². The lowest BCUT2D eigenvalue weighted by atomic mass is 9.78. The number of likely N-dealkylation sites (N-methyl/N-ethyl adjacent to an activating group) is 1. The molecule has 3 saturated heterocycles. The fraction of sp³-hybridized carbons (Fsp3) is 0.902. The maximum atomic E-state index is 14.3. The maximum Gasteiger partial charge on any atom is 0.311 e. The van der Waals surface area contributed by atoms with E-state index in [-0.39, 0.29) is 37.4 Å². The van der Waals surface area contributed by atoms with Crippen molar-refractivity contribution in [3.63, 3.8) is 0 Å². The van der Waals surface area contributed by atoms with Gasteiger partial charge in [-0.2, -0.15) is 0 Å². The third-order valence-electron chi connectivity index (χ3n) is 12.6. The van der Waals surface area contributed by atoms with Gasteiger partial charge >= 0.3 is 11.9 Å². The van der Waals surface area contributed by atoms with Crippen LogP contribution in [-0.2, 0) is 47.5 Å². The summed E-state index contributed by atoms with van der Waals surface area (Å²) in [5.74, 6) is -2.79. The summed E-state index contributed by atoms with van der Waals surface area (Å²) in [5.41, 5.74) is -3.10. The lowest BCUT2D eigenvalue weighted by Gasteiger charge is -2.49. The summed E-state index contributed by atoms with van der Waals surface area (Å²) < 4.78 is 51.6. The molecule has 0 amide bonds. The molecule has 0 saturated carbocycles. The molecule has 4 rings (SSSR count). The van der Waals surface area contributed by atoms with Gasteiger partial charge in [0.25, 0.3) is 0 Å². The number of hydrogen-bond donors (Lipinski definition) is 3. The number of aliphatic hydroxyl groups excluding tert-OH is 2. The number of rotatable bonds is 10. The van der Waals surface area contributed by atoms with Crippen molar-refractivity contribution >= 4 is 11.9 Å². The van der Waals surface area contributed by atoms with E-state index in [2.05, 4.69) is 0 Å². The summed E-state index contributed by atoms with van der Waals surface area (Å²) in [7, 11) is 5.39. The van der Waals surface area contributed by atoms with Crippen LogP contribution in [0.4, 0.5) is 0 Å². The van der Waals surface area contributed by atoms with Crippen molar-refractivity contribution in [1.29, 1.82) is 0 Å². The van der Waals surface area contributed by atoms with Crippen LogP contribution in [0.15, 0.2) is 11.3 Å². The Hall–Kier alpha value is -1.88. The Kier molecular flexibility index (Phi) is 14.9. The number of nitrogens with zero attached hydrogens (tertiary/aromatic N) is 1. The van der Waals surface area contributed by atoms with Gasteiger partial charge in [-0.15, -0.1) is 0 Å². The molecule has 0 spiro atoms. The Labute approximate surface area is 328 Å². The molecule has 0 aromatic carbocycles. The second-order valence-corrected chi connectivity index (χ2v) is 17.6. The van der Waals surface area contributed by atoms with Gasteiger partial charge in [0.15, 0.2) is 18.7 Å². The fourth-order valence-corrected chi connectivity index (χ4v) is 9.25. The van der Waals surface area contributed by atoms with Crippen molar-refractivity contribution in [1.82, 2.24) is 4.90 Å². The Morgan fingerprint density at radius 2 is 1.62 bits per heavy atom. The first kappa shape index (κ1) is 45.8. The van der Waals surface area contributed by atoms with Crippen LogP contribution in [0.5, 0.6) is 0 Å². The van der Waals surface area contributed by atoms with Crippen LogP contribution in [0.2, 0.25) is 0 Å². The van der Waals surface area contributed by atoms with Crippen molar-refractivity contribution in [2.45, 2.75) is 199 Å². The number of cyclic esters (lactones) is 1. The van der Waals surface area contributed by atoms with Crippen molar-refractivity contribution in [3.8, 4) is 0 Å². The molecule has 0 aliphatic carbocycles. The largest absolute Gasteiger partial charge is 0.489 e. The summed E-state index contributed by atoms with van der Waals surface area (Å²) in [6.45, 7) is 19.9. The third-order valence-corrected chi connectivity index (χ3v) is 12.6. The predicted molar refractivity (Wildman–Crippen MR) is 202 cm³/mol. The highest BCUT2D eigenvalue weighted by Crippen LogP contribution is 2.47. The first-order valence-electron chi connectivity index (χ1n) is 20.3. The molecule has 0 unspecified atom stereocenters. The molecule has 4 aliphatic rings. The predicted octanol–water partition coefficient (Wildman–Crippen LogP) is 4.24. The normalized spacial score (nSPS) is 46.0. The average molecular weight is 786 g/mol. The van der Waals surface area contributed by atoms with Crippen LogP contribution in [0.1, 0.15) is 115 Å². The molecule has 3 fully saturated rings. The molecule has 0 aromatic heterocycles. The highest BCUT2D eigenvalue weighted by Gasteiger charge is 2.56. The van der Waals surface area contributed by atoms with E-state index >= 15 is 0 Å². The number of fused-ring (bicyclic) bond motifs is 2. The minimum atomic E-state index is -1.84. The second-order valence-electron chi connectivity index (χ2n) is 17.6. The highest BCUT2D eigenvalue weighted by atomic mass is 16.7. The summed E-state index contributed by atoms with van der Waals surface area (Å²) in [4.78, 5) is 29.4. The molecule has 4 aliphatic heterocycles. The first-order chi connectivity index (χ1) is 25.5. The third kappa shape index (κ3) is 9.54. The van der Waals surface area contributed by atoms with Gasteiger partial charge in [-0.1, -0.05) is 27.7 Å². The zero-order chi connectivity index (χ0) is 41.4. The summed E-state index contributed by atoms with van der Waals surface area (Å²) >= 11 is 0. The molecule has 4 heterocycles. The van der Waals surface area contributed by atoms with Gasteiger partial charge in [0, 0.05) is 38.2 Å². The van der Waals surface area contributed by atoms with Crippen molar-refractivity contribution in [2.24, 2.45) is 17.8 Å². The van der Waals surface area contributed by atoms with Crippen LogP contribution in [0.3, 0.4) is 0 Å². The average Bonchev–Trinajstić information content (AvgIpc) is 3.43. The number of ether oxygens (including phenoxy) is 8. The molecule has 14 nitrogen and oxygen atoms in total. The molecule has 0 radical (unpaired) electrons. The van der Waals surface area contributed by atoms with Crippen molar-refractivity contribution in [3.05, 3.63) is 11.3 Å². The Bertz CT molecular complexity index is 1360. The minimum absolute atomic E-state index is 0.156. The number of hydrogen-bond acceptors (Lipinski definition) is 14. The van der Waals surface area contributed by atoms with E-state index in [4.69, 9.17) is 37.9 Å². The van der Waals surface area contributed by atoms with Crippen LogP contribution in [0, 0.1) is 17.8 Å².